The van der Waals surface area contributed by atoms with Gasteiger partial charge in [-0.25, -0.2) is 14.4 Å². The van der Waals surface area contributed by atoms with Gasteiger partial charge >= 0.3 is 18.1 Å². The second kappa shape index (κ2) is 3.31. The lowest BCUT2D eigenvalue weighted by atomic mass is 9.99. The van der Waals surface area contributed by atoms with E-state index in [-0.39, 0.29) is 17.7 Å². The fraction of sp³-hybridized carbons (Fsp3) is 0.182. The lowest BCUT2D eigenvalue weighted by Crippen LogP contribution is -2.07. The monoisotopic (exact) mass is 234 g/mol. The summed E-state index contributed by atoms with van der Waals surface area (Å²) in [5, 5.41) is 0. The van der Waals surface area contributed by atoms with Crippen molar-refractivity contribution in [2.75, 3.05) is 6.61 Å². The fourth-order valence-electron chi connectivity index (χ4n) is 1.91. The Morgan fingerprint density at radius 1 is 1.12 bits per heavy atom. The van der Waals surface area contributed by atoms with Crippen LogP contribution in [-0.2, 0) is 14.2 Å². The van der Waals surface area contributed by atoms with Crippen molar-refractivity contribution in [2.45, 2.75) is 6.10 Å². The molecule has 1 unspecified atom stereocenters. The zero-order valence-electron chi connectivity index (χ0n) is 8.47. The average Bonchev–Trinajstić information content (AvgIpc) is 2.85. The number of fused-ring (bicyclic) bond motifs is 1. The Morgan fingerprint density at radius 2 is 1.94 bits per heavy atom. The number of rotatable bonds is 1. The molecule has 17 heavy (non-hydrogen) atoms. The van der Waals surface area contributed by atoms with Gasteiger partial charge in [0, 0.05) is 5.56 Å². The molecule has 1 aromatic carbocycles. The van der Waals surface area contributed by atoms with Crippen molar-refractivity contribution >= 4 is 18.1 Å². The average molecular weight is 234 g/mol. The van der Waals surface area contributed by atoms with Crippen LogP contribution in [0.2, 0.25) is 0 Å². The van der Waals surface area contributed by atoms with E-state index in [1.165, 1.54) is 6.07 Å². The van der Waals surface area contributed by atoms with Gasteiger partial charge in [-0.1, -0.05) is 12.1 Å². The van der Waals surface area contributed by atoms with E-state index in [0.29, 0.717) is 5.56 Å². The maximum absolute atomic E-state index is 11.5. The Labute approximate surface area is 95.1 Å². The molecule has 0 spiro atoms. The number of esters is 2. The third kappa shape index (κ3) is 1.37. The molecule has 2 aliphatic rings. The molecule has 0 aromatic heterocycles. The number of ether oxygens (including phenoxy) is 3. The van der Waals surface area contributed by atoms with Gasteiger partial charge in [-0.15, -0.1) is 0 Å². The van der Waals surface area contributed by atoms with Crippen molar-refractivity contribution in [1.82, 2.24) is 0 Å². The Hall–Kier alpha value is -2.37. The van der Waals surface area contributed by atoms with E-state index in [1.807, 2.05) is 0 Å². The summed E-state index contributed by atoms with van der Waals surface area (Å²) in [6.07, 6.45) is -1.46. The highest BCUT2D eigenvalue weighted by Crippen LogP contribution is 2.32. The van der Waals surface area contributed by atoms with E-state index in [2.05, 4.69) is 9.47 Å². The standard InChI is InChI=1S/C11H6O6/c12-9-6-3-1-2-5(8(6)10(13)17-9)7-4-15-11(14)16-7/h1-3,7H,4H2. The van der Waals surface area contributed by atoms with E-state index in [1.54, 1.807) is 12.1 Å². The van der Waals surface area contributed by atoms with Crippen LogP contribution in [0, 0.1) is 0 Å². The highest BCUT2D eigenvalue weighted by atomic mass is 16.8. The van der Waals surface area contributed by atoms with Crippen LogP contribution < -0.4 is 0 Å². The largest absolute Gasteiger partial charge is 0.509 e. The normalized spacial score (nSPS) is 21.9. The first-order chi connectivity index (χ1) is 8.16. The third-order valence-electron chi connectivity index (χ3n) is 2.64. The number of benzene rings is 1. The number of carbonyl (C=O) groups excluding carboxylic acids is 3. The zero-order valence-corrected chi connectivity index (χ0v) is 8.47. The molecule has 0 bridgehead atoms. The Balaban J connectivity index is 2.10. The quantitative estimate of drug-likeness (QED) is 0.536. The maximum atomic E-state index is 11.5. The van der Waals surface area contributed by atoms with Crippen LogP contribution in [0.5, 0.6) is 0 Å². The molecule has 0 aliphatic carbocycles. The van der Waals surface area contributed by atoms with Crippen molar-refractivity contribution in [3.8, 4) is 0 Å². The first-order valence-corrected chi connectivity index (χ1v) is 4.89. The van der Waals surface area contributed by atoms with Gasteiger partial charge in [0.25, 0.3) is 0 Å². The minimum Gasteiger partial charge on any atom is -0.430 e. The maximum Gasteiger partial charge on any atom is 0.509 e. The summed E-state index contributed by atoms with van der Waals surface area (Å²) >= 11 is 0. The molecule has 0 amide bonds. The lowest BCUT2D eigenvalue weighted by Gasteiger charge is -2.08. The molecule has 1 saturated heterocycles. The molecular formula is C11H6O6. The summed E-state index contributed by atoms with van der Waals surface area (Å²) < 4.78 is 14.0. The second-order valence-corrected chi connectivity index (χ2v) is 3.61. The van der Waals surface area contributed by atoms with Crippen LogP contribution in [0.4, 0.5) is 4.79 Å². The smallest absolute Gasteiger partial charge is 0.430 e. The van der Waals surface area contributed by atoms with Crippen LogP contribution in [0.25, 0.3) is 0 Å². The van der Waals surface area contributed by atoms with Crippen molar-refractivity contribution in [1.29, 1.82) is 0 Å². The molecule has 0 radical (unpaired) electrons. The summed E-state index contributed by atoms with van der Waals surface area (Å²) in [5.41, 5.74) is 0.778. The SMILES string of the molecule is O=C1OCC(c2cccc3c2C(=O)OC3=O)O1. The van der Waals surface area contributed by atoms with Crippen molar-refractivity contribution in [2.24, 2.45) is 0 Å². The third-order valence-corrected chi connectivity index (χ3v) is 2.64. The van der Waals surface area contributed by atoms with Gasteiger partial charge < -0.3 is 14.2 Å². The summed E-state index contributed by atoms with van der Waals surface area (Å²) in [7, 11) is 0. The van der Waals surface area contributed by atoms with E-state index >= 15 is 0 Å². The van der Waals surface area contributed by atoms with Gasteiger partial charge in [-0.2, -0.15) is 0 Å². The molecular weight excluding hydrogens is 228 g/mol. The summed E-state index contributed by atoms with van der Waals surface area (Å²) in [6, 6.07) is 4.69. The fourth-order valence-corrected chi connectivity index (χ4v) is 1.91. The minimum atomic E-state index is -0.787. The van der Waals surface area contributed by atoms with Crippen LogP contribution in [0.1, 0.15) is 32.4 Å². The minimum absolute atomic E-state index is 0.0246. The van der Waals surface area contributed by atoms with Crippen molar-refractivity contribution in [3.63, 3.8) is 0 Å². The van der Waals surface area contributed by atoms with Gasteiger partial charge in [0.1, 0.15) is 6.61 Å². The molecule has 2 aliphatic heterocycles. The van der Waals surface area contributed by atoms with Gasteiger partial charge in [0.05, 0.1) is 11.1 Å². The van der Waals surface area contributed by atoms with Crippen LogP contribution >= 0.6 is 0 Å². The number of cyclic esters (lactones) is 4. The van der Waals surface area contributed by atoms with Crippen LogP contribution in [-0.4, -0.2) is 24.7 Å². The van der Waals surface area contributed by atoms with E-state index in [4.69, 9.17) is 4.74 Å². The number of hydrogen-bond acceptors (Lipinski definition) is 6. The molecule has 6 nitrogen and oxygen atoms in total. The summed E-state index contributed by atoms with van der Waals surface area (Å²) in [5.74, 6) is -1.40. The molecule has 86 valence electrons. The number of hydrogen-bond donors (Lipinski definition) is 0. The highest BCUT2D eigenvalue weighted by molar-refractivity contribution is 6.15. The van der Waals surface area contributed by atoms with Gasteiger partial charge in [-0.3, -0.25) is 0 Å². The molecule has 3 rings (SSSR count). The second-order valence-electron chi connectivity index (χ2n) is 3.61. The molecule has 2 heterocycles. The molecule has 0 saturated carbocycles. The molecule has 1 atom stereocenters. The van der Waals surface area contributed by atoms with Crippen LogP contribution in [0.15, 0.2) is 18.2 Å². The Morgan fingerprint density at radius 3 is 2.65 bits per heavy atom. The molecule has 1 aromatic rings. The summed E-state index contributed by atoms with van der Waals surface area (Å²) in [4.78, 5) is 33.7. The van der Waals surface area contributed by atoms with E-state index in [0.717, 1.165) is 0 Å². The predicted octanol–water partition coefficient (Wildman–Crippen LogP) is 1.21. The number of carbonyl (C=O) groups is 3. The summed E-state index contributed by atoms with van der Waals surface area (Å²) in [6.45, 7) is 0.0246. The van der Waals surface area contributed by atoms with Crippen LogP contribution in [0.3, 0.4) is 0 Å². The van der Waals surface area contributed by atoms with Gasteiger partial charge in [0.2, 0.25) is 0 Å². The Bertz CT molecular complexity index is 547. The van der Waals surface area contributed by atoms with E-state index < -0.39 is 24.2 Å². The molecule has 6 heteroatoms. The van der Waals surface area contributed by atoms with Crippen molar-refractivity contribution < 1.29 is 28.6 Å². The Kier molecular flexibility index (Phi) is 1.91. The van der Waals surface area contributed by atoms with Crippen molar-refractivity contribution in [3.05, 3.63) is 34.9 Å². The molecule has 1 fully saturated rings. The first kappa shape index (κ1) is 9.83. The van der Waals surface area contributed by atoms with Gasteiger partial charge in [-0.05, 0) is 6.07 Å². The zero-order chi connectivity index (χ0) is 12.0. The topological polar surface area (TPSA) is 78.9 Å². The van der Waals surface area contributed by atoms with Gasteiger partial charge in [0.15, 0.2) is 6.10 Å². The van der Waals surface area contributed by atoms with E-state index in [9.17, 15) is 14.4 Å². The molecule has 0 N–H and O–H groups in total. The lowest BCUT2D eigenvalue weighted by molar-refractivity contribution is 0.0441. The highest BCUT2D eigenvalue weighted by Gasteiger charge is 2.37. The first-order valence-electron chi connectivity index (χ1n) is 4.89. The predicted molar refractivity (Wildman–Crippen MR) is 51.4 cm³/mol.